The Hall–Kier alpha value is -1.75. The molecule has 2 rings (SSSR count). The number of halogens is 2. The fraction of sp³-hybridized carbons (Fsp3) is 0.143. The predicted octanol–water partition coefficient (Wildman–Crippen LogP) is 3.65. The molecule has 0 saturated heterocycles. The van der Waals surface area contributed by atoms with E-state index < -0.39 is 0 Å². The minimum Gasteiger partial charge on any atom is -0.309 e. The van der Waals surface area contributed by atoms with Crippen LogP contribution in [0.1, 0.15) is 17.3 Å². The fourth-order valence-corrected chi connectivity index (χ4v) is 2.11. The molecule has 3 nitrogen and oxygen atoms in total. The zero-order valence-corrected chi connectivity index (χ0v) is 11.9. The van der Waals surface area contributed by atoms with Crippen LogP contribution in [0, 0.1) is 5.82 Å². The van der Waals surface area contributed by atoms with Crippen LogP contribution in [0.3, 0.4) is 0 Å². The fourth-order valence-electron chi connectivity index (χ4n) is 1.75. The van der Waals surface area contributed by atoms with Gasteiger partial charge in [-0.3, -0.25) is 9.78 Å². The van der Waals surface area contributed by atoms with Crippen LogP contribution in [0.4, 0.5) is 10.1 Å². The van der Waals surface area contributed by atoms with Crippen LogP contribution in [0.5, 0.6) is 0 Å². The molecule has 1 aromatic carbocycles. The molecule has 0 aliphatic heterocycles. The highest BCUT2D eigenvalue weighted by molar-refractivity contribution is 9.10. The number of hydrogen-bond acceptors (Lipinski definition) is 2. The first-order valence-corrected chi connectivity index (χ1v) is 6.59. The van der Waals surface area contributed by atoms with Gasteiger partial charge in [0.2, 0.25) is 0 Å². The van der Waals surface area contributed by atoms with Gasteiger partial charge < -0.3 is 4.90 Å². The van der Waals surface area contributed by atoms with E-state index in [1.54, 1.807) is 29.3 Å². The molecular weight excluding hydrogens is 311 g/mol. The van der Waals surface area contributed by atoms with Crippen LogP contribution in [0.15, 0.2) is 47.2 Å². The number of nitrogens with zero attached hydrogens (tertiary/aromatic N) is 2. The SMILES string of the molecule is CCN(C(=O)c1cncc(Br)c1)c1ccc(F)cc1. The van der Waals surface area contributed by atoms with Gasteiger partial charge in [0.25, 0.3) is 5.91 Å². The van der Waals surface area contributed by atoms with E-state index in [4.69, 9.17) is 0 Å². The van der Waals surface area contributed by atoms with E-state index in [2.05, 4.69) is 20.9 Å². The van der Waals surface area contributed by atoms with E-state index in [1.807, 2.05) is 6.92 Å². The Morgan fingerprint density at radius 1 is 1.32 bits per heavy atom. The Balaban J connectivity index is 2.31. The first kappa shape index (κ1) is 13.7. The maximum absolute atomic E-state index is 12.9. The van der Waals surface area contributed by atoms with E-state index in [0.29, 0.717) is 17.8 Å². The first-order valence-electron chi connectivity index (χ1n) is 5.80. The molecule has 0 aliphatic carbocycles. The van der Waals surface area contributed by atoms with Crippen molar-refractivity contribution < 1.29 is 9.18 Å². The van der Waals surface area contributed by atoms with E-state index >= 15 is 0 Å². The minimum atomic E-state index is -0.323. The summed E-state index contributed by atoms with van der Waals surface area (Å²) in [5.41, 5.74) is 1.15. The molecule has 1 aromatic heterocycles. The number of benzene rings is 1. The number of hydrogen-bond donors (Lipinski definition) is 0. The summed E-state index contributed by atoms with van der Waals surface area (Å²) >= 11 is 3.28. The number of pyridine rings is 1. The highest BCUT2D eigenvalue weighted by atomic mass is 79.9. The van der Waals surface area contributed by atoms with Crippen molar-refractivity contribution >= 4 is 27.5 Å². The van der Waals surface area contributed by atoms with Gasteiger partial charge in [-0.15, -0.1) is 0 Å². The molecule has 0 unspecified atom stereocenters. The van der Waals surface area contributed by atoms with Gasteiger partial charge >= 0.3 is 0 Å². The maximum Gasteiger partial charge on any atom is 0.259 e. The smallest absolute Gasteiger partial charge is 0.259 e. The molecule has 2 aromatic rings. The molecule has 5 heteroatoms. The Kier molecular flexibility index (Phi) is 4.27. The molecule has 0 aliphatic rings. The van der Waals surface area contributed by atoms with Gasteiger partial charge in [-0.1, -0.05) is 0 Å². The first-order chi connectivity index (χ1) is 9.11. The van der Waals surface area contributed by atoms with Crippen molar-refractivity contribution in [3.63, 3.8) is 0 Å². The van der Waals surface area contributed by atoms with Crippen LogP contribution in [0.25, 0.3) is 0 Å². The second-order valence-corrected chi connectivity index (χ2v) is 4.83. The summed E-state index contributed by atoms with van der Waals surface area (Å²) in [6.45, 7) is 2.36. The summed E-state index contributed by atoms with van der Waals surface area (Å²) in [6.07, 6.45) is 3.13. The molecule has 0 saturated carbocycles. The second kappa shape index (κ2) is 5.93. The topological polar surface area (TPSA) is 33.2 Å². The molecule has 0 bridgehead atoms. The molecule has 1 amide bonds. The normalized spacial score (nSPS) is 10.3. The zero-order chi connectivity index (χ0) is 13.8. The number of carbonyl (C=O) groups excluding carboxylic acids is 1. The molecule has 98 valence electrons. The molecular formula is C14H12BrFN2O. The minimum absolute atomic E-state index is 0.164. The van der Waals surface area contributed by atoms with Crippen molar-refractivity contribution in [1.82, 2.24) is 4.98 Å². The van der Waals surface area contributed by atoms with Gasteiger partial charge in [0.05, 0.1) is 5.56 Å². The lowest BCUT2D eigenvalue weighted by atomic mass is 10.2. The van der Waals surface area contributed by atoms with E-state index in [0.717, 1.165) is 4.47 Å². The summed E-state index contributed by atoms with van der Waals surface area (Å²) in [4.78, 5) is 17.9. The predicted molar refractivity (Wildman–Crippen MR) is 75.7 cm³/mol. The lowest BCUT2D eigenvalue weighted by Gasteiger charge is -2.21. The van der Waals surface area contributed by atoms with Gasteiger partial charge in [0, 0.05) is 29.1 Å². The van der Waals surface area contributed by atoms with Gasteiger partial charge in [-0.05, 0) is 53.2 Å². The van der Waals surface area contributed by atoms with Crippen LogP contribution in [-0.4, -0.2) is 17.4 Å². The summed E-state index contributed by atoms with van der Waals surface area (Å²) in [5, 5.41) is 0. The molecule has 0 spiro atoms. The average Bonchev–Trinajstić information content (AvgIpc) is 2.41. The zero-order valence-electron chi connectivity index (χ0n) is 10.3. The Bertz CT molecular complexity index is 586. The number of rotatable bonds is 3. The largest absolute Gasteiger partial charge is 0.309 e. The molecule has 0 radical (unpaired) electrons. The number of aromatic nitrogens is 1. The number of carbonyl (C=O) groups is 1. The van der Waals surface area contributed by atoms with Gasteiger partial charge in [-0.25, -0.2) is 4.39 Å². The van der Waals surface area contributed by atoms with Gasteiger partial charge in [-0.2, -0.15) is 0 Å². The molecule has 0 N–H and O–H groups in total. The van der Waals surface area contributed by atoms with Crippen molar-refractivity contribution in [1.29, 1.82) is 0 Å². The van der Waals surface area contributed by atoms with Crippen molar-refractivity contribution in [3.05, 3.63) is 58.6 Å². The van der Waals surface area contributed by atoms with Gasteiger partial charge in [0.1, 0.15) is 5.82 Å². The monoisotopic (exact) mass is 322 g/mol. The average molecular weight is 323 g/mol. The van der Waals surface area contributed by atoms with Crippen molar-refractivity contribution in [2.45, 2.75) is 6.92 Å². The highest BCUT2D eigenvalue weighted by Crippen LogP contribution is 2.18. The van der Waals surface area contributed by atoms with Crippen LogP contribution < -0.4 is 4.90 Å². The van der Waals surface area contributed by atoms with Crippen LogP contribution in [-0.2, 0) is 0 Å². The summed E-state index contributed by atoms with van der Waals surface area (Å²) in [5.74, 6) is -0.487. The van der Waals surface area contributed by atoms with Crippen molar-refractivity contribution in [2.24, 2.45) is 0 Å². The van der Waals surface area contributed by atoms with Crippen LogP contribution >= 0.6 is 15.9 Å². The van der Waals surface area contributed by atoms with E-state index in [1.165, 1.54) is 18.3 Å². The Morgan fingerprint density at radius 2 is 2.00 bits per heavy atom. The third-order valence-corrected chi connectivity index (χ3v) is 3.09. The van der Waals surface area contributed by atoms with Crippen molar-refractivity contribution in [3.8, 4) is 0 Å². The number of amides is 1. The molecule has 0 fully saturated rings. The van der Waals surface area contributed by atoms with E-state index in [9.17, 15) is 9.18 Å². The third kappa shape index (κ3) is 3.17. The number of anilines is 1. The lowest BCUT2D eigenvalue weighted by Crippen LogP contribution is -2.30. The second-order valence-electron chi connectivity index (χ2n) is 3.92. The third-order valence-electron chi connectivity index (χ3n) is 2.65. The van der Waals surface area contributed by atoms with Crippen LogP contribution in [0.2, 0.25) is 0 Å². The van der Waals surface area contributed by atoms with Crippen molar-refractivity contribution in [2.75, 3.05) is 11.4 Å². The van der Waals surface area contributed by atoms with E-state index in [-0.39, 0.29) is 11.7 Å². The standard InChI is InChI=1S/C14H12BrFN2O/c1-2-18(13-5-3-12(16)4-6-13)14(19)10-7-11(15)9-17-8-10/h3-9H,2H2,1H3. The molecule has 1 heterocycles. The summed E-state index contributed by atoms with van der Waals surface area (Å²) in [7, 11) is 0. The maximum atomic E-state index is 12.9. The Labute approximate surface area is 119 Å². The van der Waals surface area contributed by atoms with Gasteiger partial charge in [0.15, 0.2) is 0 Å². The summed E-state index contributed by atoms with van der Waals surface area (Å²) < 4.78 is 13.7. The quantitative estimate of drug-likeness (QED) is 0.864. The lowest BCUT2D eigenvalue weighted by molar-refractivity contribution is 0.0988. The molecule has 0 atom stereocenters. The summed E-state index contributed by atoms with van der Waals surface area (Å²) in [6, 6.07) is 7.56. The Morgan fingerprint density at radius 3 is 2.58 bits per heavy atom. The molecule has 19 heavy (non-hydrogen) atoms. The highest BCUT2D eigenvalue weighted by Gasteiger charge is 2.16.